The predicted octanol–water partition coefficient (Wildman–Crippen LogP) is 0.572. The van der Waals surface area contributed by atoms with E-state index in [0.717, 1.165) is 0 Å². The first-order valence-corrected chi connectivity index (χ1v) is 3.78. The summed E-state index contributed by atoms with van der Waals surface area (Å²) in [5.41, 5.74) is 7.00. The van der Waals surface area contributed by atoms with Crippen molar-refractivity contribution in [2.75, 3.05) is 6.54 Å². The van der Waals surface area contributed by atoms with Crippen molar-refractivity contribution in [3.63, 3.8) is 0 Å². The maximum absolute atomic E-state index is 8.28. The average Bonchev–Trinajstić information content (AvgIpc) is 1.99. The lowest BCUT2D eigenvalue weighted by Crippen LogP contribution is -2.29. The molecule has 0 aromatic rings. The van der Waals surface area contributed by atoms with Crippen LogP contribution in [-0.4, -0.2) is 17.7 Å². The van der Waals surface area contributed by atoms with Crippen LogP contribution in [0.3, 0.4) is 0 Å². The lowest BCUT2D eigenvalue weighted by Gasteiger charge is -2.12. The second kappa shape index (κ2) is 4.96. The Bertz CT molecular complexity index is 134. The van der Waals surface area contributed by atoms with Gasteiger partial charge in [-0.3, -0.25) is 10.2 Å². The van der Waals surface area contributed by atoms with E-state index in [-0.39, 0.29) is 5.96 Å². The Balaban J connectivity index is 3.68. The van der Waals surface area contributed by atoms with Crippen molar-refractivity contribution in [2.45, 2.75) is 20.8 Å². The molecule has 0 aliphatic rings. The average molecular weight is 159 g/mol. The Morgan fingerprint density at radius 1 is 1.55 bits per heavy atom. The van der Waals surface area contributed by atoms with Gasteiger partial charge in [0, 0.05) is 6.54 Å². The lowest BCUT2D eigenvalue weighted by molar-refractivity contribution is 0.232. The Kier molecular flexibility index (Phi) is 4.61. The first-order chi connectivity index (χ1) is 5.07. The maximum atomic E-state index is 8.28. The van der Waals surface area contributed by atoms with E-state index in [1.807, 2.05) is 0 Å². The Morgan fingerprint density at radius 2 is 2.09 bits per heavy atom. The first-order valence-electron chi connectivity index (χ1n) is 3.78. The van der Waals surface area contributed by atoms with E-state index >= 15 is 0 Å². The Labute approximate surface area is 67.5 Å². The van der Waals surface area contributed by atoms with Gasteiger partial charge in [0.05, 0.1) is 0 Å². The van der Waals surface area contributed by atoms with Gasteiger partial charge in [0.2, 0.25) is 5.96 Å². The van der Waals surface area contributed by atoms with E-state index in [9.17, 15) is 0 Å². The van der Waals surface area contributed by atoms with Crippen LogP contribution in [0.2, 0.25) is 0 Å². The highest BCUT2D eigenvalue weighted by Crippen LogP contribution is 2.08. The van der Waals surface area contributed by atoms with Crippen molar-refractivity contribution in [2.24, 2.45) is 22.6 Å². The summed E-state index contributed by atoms with van der Waals surface area (Å²) in [6.45, 7) is 7.00. The molecule has 0 saturated heterocycles. The molecule has 11 heavy (non-hydrogen) atoms. The Hall–Kier alpha value is -0.770. The highest BCUT2D eigenvalue weighted by molar-refractivity contribution is 5.76. The second-order valence-corrected chi connectivity index (χ2v) is 3.06. The number of hydroxylamine groups is 1. The zero-order valence-corrected chi connectivity index (χ0v) is 7.33. The van der Waals surface area contributed by atoms with E-state index in [4.69, 9.17) is 10.9 Å². The van der Waals surface area contributed by atoms with Gasteiger partial charge < -0.3 is 5.73 Å². The molecule has 4 N–H and O–H groups in total. The van der Waals surface area contributed by atoms with Crippen molar-refractivity contribution < 1.29 is 5.21 Å². The molecule has 0 aliphatic heterocycles. The molecular weight excluding hydrogens is 142 g/mol. The summed E-state index contributed by atoms with van der Waals surface area (Å²) in [6, 6.07) is 0. The molecule has 0 aromatic carbocycles. The molecule has 0 rings (SSSR count). The third-order valence-corrected chi connectivity index (χ3v) is 1.80. The number of aliphatic imine (C=N–C) groups is 1. The molecule has 0 radical (unpaired) electrons. The van der Waals surface area contributed by atoms with Crippen LogP contribution < -0.4 is 11.2 Å². The predicted molar refractivity (Wildman–Crippen MR) is 45.4 cm³/mol. The van der Waals surface area contributed by atoms with Gasteiger partial charge in [-0.05, 0) is 11.8 Å². The van der Waals surface area contributed by atoms with Crippen molar-refractivity contribution in [3.05, 3.63) is 0 Å². The van der Waals surface area contributed by atoms with Crippen molar-refractivity contribution in [1.82, 2.24) is 5.48 Å². The van der Waals surface area contributed by atoms with E-state index in [1.54, 1.807) is 5.48 Å². The molecule has 4 nitrogen and oxygen atoms in total. The van der Waals surface area contributed by atoms with Gasteiger partial charge in [-0.15, -0.1) is 0 Å². The van der Waals surface area contributed by atoms with Gasteiger partial charge in [-0.25, -0.2) is 5.48 Å². The quantitative estimate of drug-likeness (QED) is 0.320. The van der Waals surface area contributed by atoms with E-state index < -0.39 is 0 Å². The van der Waals surface area contributed by atoms with Gasteiger partial charge in [0.15, 0.2) is 0 Å². The first kappa shape index (κ1) is 10.2. The molecule has 0 bridgehead atoms. The minimum Gasteiger partial charge on any atom is -0.368 e. The minimum absolute atomic E-state index is 0.0810. The fraction of sp³-hybridized carbons (Fsp3) is 0.857. The number of nitrogens with two attached hydrogens (primary N) is 1. The Morgan fingerprint density at radius 3 is 2.45 bits per heavy atom. The van der Waals surface area contributed by atoms with Crippen LogP contribution in [-0.2, 0) is 0 Å². The normalized spacial score (nSPS) is 15.2. The minimum atomic E-state index is 0.0810. The van der Waals surface area contributed by atoms with E-state index in [2.05, 4.69) is 25.8 Å². The van der Waals surface area contributed by atoms with Crippen molar-refractivity contribution in [3.8, 4) is 0 Å². The molecule has 0 saturated carbocycles. The van der Waals surface area contributed by atoms with E-state index in [0.29, 0.717) is 18.4 Å². The molecule has 0 aliphatic carbocycles. The second-order valence-electron chi connectivity index (χ2n) is 3.06. The molecule has 1 atom stereocenters. The molecule has 0 fully saturated rings. The van der Waals surface area contributed by atoms with Crippen LogP contribution in [0.5, 0.6) is 0 Å². The van der Waals surface area contributed by atoms with Gasteiger partial charge >= 0.3 is 0 Å². The third-order valence-electron chi connectivity index (χ3n) is 1.80. The largest absolute Gasteiger partial charge is 0.368 e. The molecule has 0 amide bonds. The van der Waals surface area contributed by atoms with Crippen LogP contribution in [0.15, 0.2) is 4.99 Å². The molecule has 0 spiro atoms. The van der Waals surface area contributed by atoms with Gasteiger partial charge in [0.1, 0.15) is 0 Å². The van der Waals surface area contributed by atoms with Crippen LogP contribution >= 0.6 is 0 Å². The van der Waals surface area contributed by atoms with Crippen LogP contribution in [0, 0.1) is 11.8 Å². The number of nitrogens with zero attached hydrogens (tertiary/aromatic N) is 1. The van der Waals surface area contributed by atoms with Crippen LogP contribution in [0.1, 0.15) is 20.8 Å². The number of rotatable bonds is 3. The topological polar surface area (TPSA) is 70.6 Å². The molecular formula is C7H17N3O. The summed E-state index contributed by atoms with van der Waals surface area (Å²) in [7, 11) is 0. The standard InChI is InChI=1S/C7H17N3O/c1-5(2)6(3)4-9-7(8)10-11/h5-6,11H,4H2,1-3H3,(H3,8,9,10). The van der Waals surface area contributed by atoms with Gasteiger partial charge in [-0.2, -0.15) is 0 Å². The molecule has 0 aromatic heterocycles. The number of hydrogen-bond donors (Lipinski definition) is 3. The summed E-state index contributed by atoms with van der Waals surface area (Å²) < 4.78 is 0. The third kappa shape index (κ3) is 4.61. The van der Waals surface area contributed by atoms with Crippen LogP contribution in [0.25, 0.3) is 0 Å². The summed E-state index contributed by atoms with van der Waals surface area (Å²) in [6.07, 6.45) is 0. The highest BCUT2D eigenvalue weighted by atomic mass is 16.5. The summed E-state index contributed by atoms with van der Waals surface area (Å²) >= 11 is 0. The smallest absolute Gasteiger partial charge is 0.212 e. The van der Waals surface area contributed by atoms with Gasteiger partial charge in [0.25, 0.3) is 0 Å². The molecule has 66 valence electrons. The van der Waals surface area contributed by atoms with Gasteiger partial charge in [-0.1, -0.05) is 20.8 Å². The summed E-state index contributed by atoms with van der Waals surface area (Å²) in [5, 5.41) is 8.28. The number of guanidine groups is 1. The molecule has 4 heteroatoms. The van der Waals surface area contributed by atoms with Crippen LogP contribution in [0.4, 0.5) is 0 Å². The number of nitrogens with one attached hydrogen (secondary N) is 1. The number of hydrogen-bond acceptors (Lipinski definition) is 2. The zero-order chi connectivity index (χ0) is 8.85. The van der Waals surface area contributed by atoms with Crippen molar-refractivity contribution in [1.29, 1.82) is 0 Å². The zero-order valence-electron chi connectivity index (χ0n) is 7.33. The fourth-order valence-electron chi connectivity index (χ4n) is 0.489. The van der Waals surface area contributed by atoms with E-state index in [1.165, 1.54) is 0 Å². The van der Waals surface area contributed by atoms with Crippen molar-refractivity contribution >= 4 is 5.96 Å². The SMILES string of the molecule is CC(C)C(C)CN=C(N)NO. The highest BCUT2D eigenvalue weighted by Gasteiger charge is 2.05. The fourth-order valence-corrected chi connectivity index (χ4v) is 0.489. The summed E-state index contributed by atoms with van der Waals surface area (Å²) in [4.78, 5) is 3.90. The molecule has 1 unspecified atom stereocenters. The maximum Gasteiger partial charge on any atom is 0.212 e. The molecule has 0 heterocycles. The lowest BCUT2D eigenvalue weighted by atomic mass is 9.99. The summed E-state index contributed by atoms with van der Waals surface area (Å²) in [5.74, 6) is 1.16. The monoisotopic (exact) mass is 159 g/mol.